The van der Waals surface area contributed by atoms with Gasteiger partial charge in [0.15, 0.2) is 0 Å². The Balaban J connectivity index is 1.85. The molecule has 0 fully saturated rings. The average molecular weight is 394 g/mol. The Morgan fingerprint density at radius 2 is 1.69 bits per heavy atom. The lowest BCUT2D eigenvalue weighted by molar-refractivity contribution is -0.402. The number of aryl methyl sites for hydroxylation is 2. The van der Waals surface area contributed by atoms with Crippen LogP contribution in [0.5, 0.6) is 0 Å². The predicted octanol–water partition coefficient (Wildman–Crippen LogP) is 4.34. The molecular formula is C21H18N2O6. The summed E-state index contributed by atoms with van der Waals surface area (Å²) in [4.78, 5) is 35.3. The molecule has 3 rings (SSSR count). The van der Waals surface area contributed by atoms with E-state index in [1.54, 1.807) is 42.5 Å². The second kappa shape index (κ2) is 8.39. The zero-order valence-corrected chi connectivity index (χ0v) is 15.7. The summed E-state index contributed by atoms with van der Waals surface area (Å²) < 4.78 is 10.2. The van der Waals surface area contributed by atoms with E-state index in [-0.39, 0.29) is 5.76 Å². The zero-order chi connectivity index (χ0) is 21.0. The van der Waals surface area contributed by atoms with Crippen LogP contribution in [0.25, 0.3) is 0 Å². The number of nitrogens with one attached hydrogen (secondary N) is 1. The number of ether oxygens (including phenoxy) is 1. The minimum Gasteiger partial charge on any atom is -0.441 e. The van der Waals surface area contributed by atoms with Crippen molar-refractivity contribution >= 4 is 23.4 Å². The van der Waals surface area contributed by atoms with Crippen LogP contribution >= 0.6 is 0 Å². The highest BCUT2D eigenvalue weighted by atomic mass is 16.7. The lowest BCUT2D eigenvalue weighted by atomic mass is 10.1. The average Bonchev–Trinajstić information content (AvgIpc) is 3.16. The van der Waals surface area contributed by atoms with Crippen molar-refractivity contribution in [3.63, 3.8) is 0 Å². The number of hydrogen-bond acceptors (Lipinski definition) is 6. The van der Waals surface area contributed by atoms with Crippen LogP contribution in [0.4, 0.5) is 11.6 Å². The number of nitro groups is 1. The van der Waals surface area contributed by atoms with Crippen molar-refractivity contribution in [1.29, 1.82) is 0 Å². The Labute approximate surface area is 166 Å². The van der Waals surface area contributed by atoms with Gasteiger partial charge in [-0.2, -0.15) is 0 Å². The minimum absolute atomic E-state index is 0.364. The normalized spacial score (nSPS) is 11.5. The first kappa shape index (κ1) is 19.8. The number of furan rings is 1. The highest BCUT2D eigenvalue weighted by Crippen LogP contribution is 2.24. The van der Waals surface area contributed by atoms with Crippen LogP contribution in [0.3, 0.4) is 0 Å². The van der Waals surface area contributed by atoms with Gasteiger partial charge >= 0.3 is 11.9 Å². The molecule has 8 nitrogen and oxygen atoms in total. The Kier molecular flexibility index (Phi) is 5.73. The van der Waals surface area contributed by atoms with Crippen LogP contribution in [-0.4, -0.2) is 16.8 Å². The maximum Gasteiger partial charge on any atom is 0.433 e. The van der Waals surface area contributed by atoms with E-state index in [0.29, 0.717) is 11.3 Å². The van der Waals surface area contributed by atoms with Crippen molar-refractivity contribution in [2.75, 3.05) is 5.32 Å². The summed E-state index contributed by atoms with van der Waals surface area (Å²) in [6.07, 6.45) is -1.27. The molecule has 0 spiro atoms. The van der Waals surface area contributed by atoms with Crippen LogP contribution in [0.15, 0.2) is 65.1 Å². The van der Waals surface area contributed by atoms with Crippen LogP contribution in [0.2, 0.25) is 0 Å². The molecule has 1 N–H and O–H groups in total. The van der Waals surface area contributed by atoms with Crippen LogP contribution in [-0.2, 0) is 9.53 Å². The van der Waals surface area contributed by atoms with Gasteiger partial charge in [-0.25, -0.2) is 4.79 Å². The molecule has 1 amide bonds. The number of nitrogens with zero attached hydrogens (tertiary/aromatic N) is 1. The minimum atomic E-state index is -1.27. The fourth-order valence-electron chi connectivity index (χ4n) is 2.86. The highest BCUT2D eigenvalue weighted by molar-refractivity contribution is 5.97. The van der Waals surface area contributed by atoms with Gasteiger partial charge < -0.3 is 14.5 Å². The van der Waals surface area contributed by atoms with E-state index in [1.165, 1.54) is 0 Å². The first-order valence-electron chi connectivity index (χ1n) is 8.73. The van der Waals surface area contributed by atoms with Crippen LogP contribution in [0.1, 0.15) is 33.3 Å². The molecule has 0 aliphatic carbocycles. The first-order valence-corrected chi connectivity index (χ1v) is 8.73. The Hall–Kier alpha value is -3.94. The van der Waals surface area contributed by atoms with Gasteiger partial charge in [-0.3, -0.25) is 14.9 Å². The third kappa shape index (κ3) is 4.86. The van der Waals surface area contributed by atoms with Gasteiger partial charge in [0.1, 0.15) is 4.92 Å². The maximum atomic E-state index is 12.9. The zero-order valence-electron chi connectivity index (χ0n) is 15.7. The van der Waals surface area contributed by atoms with E-state index in [9.17, 15) is 19.7 Å². The van der Waals surface area contributed by atoms with E-state index in [2.05, 4.69) is 5.32 Å². The second-order valence-corrected chi connectivity index (χ2v) is 6.46. The molecule has 1 heterocycles. The van der Waals surface area contributed by atoms with Crippen LogP contribution < -0.4 is 5.32 Å². The van der Waals surface area contributed by atoms with Gasteiger partial charge in [0.2, 0.25) is 11.9 Å². The Bertz CT molecular complexity index is 1040. The summed E-state index contributed by atoms with van der Waals surface area (Å²) in [6, 6.07) is 16.2. The summed E-state index contributed by atoms with van der Waals surface area (Å²) in [7, 11) is 0. The van der Waals surface area contributed by atoms with Gasteiger partial charge in [-0.15, -0.1) is 0 Å². The Morgan fingerprint density at radius 1 is 1.03 bits per heavy atom. The monoisotopic (exact) mass is 394 g/mol. The molecule has 0 saturated carbocycles. The summed E-state index contributed by atoms with van der Waals surface area (Å²) in [5.41, 5.74) is 2.95. The summed E-state index contributed by atoms with van der Waals surface area (Å²) in [5, 5.41) is 13.5. The molecule has 1 atom stereocenters. The van der Waals surface area contributed by atoms with E-state index < -0.39 is 28.8 Å². The number of amides is 1. The third-order valence-electron chi connectivity index (χ3n) is 4.03. The summed E-state index contributed by atoms with van der Waals surface area (Å²) in [6.45, 7) is 3.81. The van der Waals surface area contributed by atoms with Gasteiger partial charge in [-0.1, -0.05) is 36.4 Å². The second-order valence-electron chi connectivity index (χ2n) is 6.46. The molecule has 148 valence electrons. The highest BCUT2D eigenvalue weighted by Gasteiger charge is 2.28. The van der Waals surface area contributed by atoms with Crippen molar-refractivity contribution in [2.45, 2.75) is 20.0 Å². The van der Waals surface area contributed by atoms with E-state index in [4.69, 9.17) is 9.15 Å². The molecule has 0 bridgehead atoms. The molecule has 8 heteroatoms. The number of anilines is 1. The van der Waals surface area contributed by atoms with E-state index >= 15 is 0 Å². The third-order valence-corrected chi connectivity index (χ3v) is 4.03. The van der Waals surface area contributed by atoms with Crippen LogP contribution in [0, 0.1) is 24.0 Å². The maximum absolute atomic E-state index is 12.9. The fraction of sp³-hybridized carbons (Fsp3) is 0.143. The molecule has 3 aromatic rings. The molecule has 1 aromatic heterocycles. The first-order chi connectivity index (χ1) is 13.8. The predicted molar refractivity (Wildman–Crippen MR) is 105 cm³/mol. The van der Waals surface area contributed by atoms with Gasteiger partial charge in [0.25, 0.3) is 5.91 Å². The summed E-state index contributed by atoms with van der Waals surface area (Å²) in [5.74, 6) is -2.50. The van der Waals surface area contributed by atoms with E-state index in [1.807, 2.05) is 19.9 Å². The number of rotatable bonds is 6. The van der Waals surface area contributed by atoms with Crippen molar-refractivity contribution < 1.29 is 23.7 Å². The van der Waals surface area contributed by atoms with Gasteiger partial charge in [0.05, 0.1) is 6.07 Å². The number of hydrogen-bond donors (Lipinski definition) is 1. The molecule has 0 aliphatic rings. The molecule has 0 unspecified atom stereocenters. The largest absolute Gasteiger partial charge is 0.441 e. The number of esters is 1. The standard InChI is InChI=1S/C21H18N2O6/c1-13-10-14(2)12-16(11-13)22-20(24)19(15-6-4-3-5-7-15)29-21(25)17-8-9-18(28-17)23(26)27/h3-12,19H,1-2H3,(H,22,24)/t19-/m1/s1. The van der Waals surface area contributed by atoms with E-state index in [0.717, 1.165) is 23.3 Å². The van der Waals surface area contributed by atoms with Gasteiger partial charge in [-0.05, 0) is 43.2 Å². The summed E-state index contributed by atoms with van der Waals surface area (Å²) >= 11 is 0. The smallest absolute Gasteiger partial charge is 0.433 e. The lowest BCUT2D eigenvalue weighted by Crippen LogP contribution is -2.26. The molecule has 2 aromatic carbocycles. The SMILES string of the molecule is Cc1cc(C)cc(NC(=O)[C@H](OC(=O)c2ccc([N+](=O)[O-])o2)c2ccccc2)c1. The number of benzene rings is 2. The molecular weight excluding hydrogens is 376 g/mol. The quantitative estimate of drug-likeness (QED) is 0.378. The van der Waals surface area contributed by atoms with Crippen molar-refractivity contribution in [3.05, 3.63) is 93.2 Å². The molecule has 0 saturated heterocycles. The van der Waals surface area contributed by atoms with Crippen molar-refractivity contribution in [3.8, 4) is 0 Å². The number of carbonyl (C=O) groups excluding carboxylic acids is 2. The fourth-order valence-corrected chi connectivity index (χ4v) is 2.86. The lowest BCUT2D eigenvalue weighted by Gasteiger charge is -2.18. The molecule has 0 aliphatic heterocycles. The molecule has 29 heavy (non-hydrogen) atoms. The molecule has 0 radical (unpaired) electrons. The number of carbonyl (C=O) groups is 2. The Morgan fingerprint density at radius 3 is 2.28 bits per heavy atom. The van der Waals surface area contributed by atoms with Gasteiger partial charge in [0, 0.05) is 11.3 Å². The topological polar surface area (TPSA) is 112 Å². The van der Waals surface area contributed by atoms with Crippen molar-refractivity contribution in [1.82, 2.24) is 0 Å². The van der Waals surface area contributed by atoms with Crippen molar-refractivity contribution in [2.24, 2.45) is 0 Å².